The quantitative estimate of drug-likeness (QED) is 0.696. The van der Waals surface area contributed by atoms with Crippen molar-refractivity contribution in [2.24, 2.45) is 5.73 Å². The van der Waals surface area contributed by atoms with E-state index in [0.29, 0.717) is 28.6 Å². The molecule has 4 rings (SSSR count). The second-order valence-electron chi connectivity index (χ2n) is 6.72. The Morgan fingerprint density at radius 2 is 2.14 bits per heavy atom. The second kappa shape index (κ2) is 6.63. The summed E-state index contributed by atoms with van der Waals surface area (Å²) in [6.45, 7) is 1.67. The van der Waals surface area contributed by atoms with E-state index >= 15 is 0 Å². The van der Waals surface area contributed by atoms with Crippen LogP contribution in [0.4, 0.5) is 5.69 Å². The molecule has 1 aliphatic rings. The lowest BCUT2D eigenvalue weighted by molar-refractivity contribution is 0.100. The number of nitrogens with zero attached hydrogens (tertiary/aromatic N) is 6. The number of rotatable bonds is 5. The van der Waals surface area contributed by atoms with E-state index in [1.807, 2.05) is 0 Å². The minimum Gasteiger partial charge on any atom is -0.369 e. The number of aromatic nitrogens is 4. The number of nitrogens with two attached hydrogens (primary N) is 1. The summed E-state index contributed by atoms with van der Waals surface area (Å²) in [4.78, 5) is 20.7. The molecule has 3 aromatic rings. The molecule has 0 spiro atoms. The number of pyridine rings is 2. The van der Waals surface area contributed by atoms with E-state index in [4.69, 9.17) is 11.0 Å². The van der Waals surface area contributed by atoms with Gasteiger partial charge in [-0.3, -0.25) is 4.79 Å². The number of hydrogen-bond donors (Lipinski definition) is 2. The fourth-order valence-electron chi connectivity index (χ4n) is 3.04. The molecule has 1 fully saturated rings. The standard InChI is InChI=1S/C19H16N8O/c1-10(6-20)25-15-5-16(23-9-14(15)18(22)28)27-19-13(8-24-27)4-12(7-21)17(26-19)11-2-3-11/h4-5,8-11H,2-3H2,1H3,(H2,22,28)(H,23,25)/t10-/m1/s1. The molecule has 9 heteroatoms. The van der Waals surface area contributed by atoms with Crippen LogP contribution in [0, 0.1) is 22.7 Å². The first-order valence-electron chi connectivity index (χ1n) is 8.77. The summed E-state index contributed by atoms with van der Waals surface area (Å²) >= 11 is 0. The van der Waals surface area contributed by atoms with Crippen LogP contribution in [0.2, 0.25) is 0 Å². The van der Waals surface area contributed by atoms with Crippen molar-refractivity contribution in [2.45, 2.75) is 31.7 Å². The van der Waals surface area contributed by atoms with Crippen LogP contribution in [0.3, 0.4) is 0 Å². The van der Waals surface area contributed by atoms with Crippen LogP contribution in [-0.4, -0.2) is 31.7 Å². The third-order valence-corrected chi connectivity index (χ3v) is 4.60. The lowest BCUT2D eigenvalue weighted by atomic mass is 10.1. The molecule has 0 bridgehead atoms. The Hall–Kier alpha value is -3.98. The second-order valence-corrected chi connectivity index (χ2v) is 6.72. The van der Waals surface area contributed by atoms with Crippen molar-refractivity contribution in [2.75, 3.05) is 5.32 Å². The van der Waals surface area contributed by atoms with Crippen molar-refractivity contribution in [1.29, 1.82) is 10.5 Å². The average molecular weight is 372 g/mol. The molecule has 28 heavy (non-hydrogen) atoms. The number of nitriles is 2. The Kier molecular flexibility index (Phi) is 4.13. The lowest BCUT2D eigenvalue weighted by Gasteiger charge is -2.13. The molecule has 1 saturated carbocycles. The van der Waals surface area contributed by atoms with Gasteiger partial charge in [0.15, 0.2) is 11.5 Å². The highest BCUT2D eigenvalue weighted by Gasteiger charge is 2.29. The van der Waals surface area contributed by atoms with Crippen LogP contribution >= 0.6 is 0 Å². The maximum atomic E-state index is 11.7. The van der Waals surface area contributed by atoms with Crippen LogP contribution in [-0.2, 0) is 0 Å². The summed E-state index contributed by atoms with van der Waals surface area (Å²) in [7, 11) is 0. The highest BCUT2D eigenvalue weighted by molar-refractivity contribution is 5.98. The molecule has 0 aliphatic heterocycles. The Bertz CT molecular complexity index is 1180. The van der Waals surface area contributed by atoms with Crippen molar-refractivity contribution in [3.63, 3.8) is 0 Å². The SMILES string of the molecule is C[C@H](C#N)Nc1cc(-n2ncc3cc(C#N)c(C4CC4)nc32)ncc1C(N)=O. The van der Waals surface area contributed by atoms with Gasteiger partial charge in [-0.2, -0.15) is 20.3 Å². The minimum atomic E-state index is -0.648. The highest BCUT2D eigenvalue weighted by atomic mass is 16.1. The number of primary amides is 1. The normalized spacial score (nSPS) is 14.2. The molecule has 138 valence electrons. The maximum absolute atomic E-state index is 11.7. The molecule has 0 saturated heterocycles. The zero-order chi connectivity index (χ0) is 19.8. The Balaban J connectivity index is 1.85. The number of carbonyl (C=O) groups is 1. The van der Waals surface area contributed by atoms with Crippen LogP contribution in [0.1, 0.15) is 47.3 Å². The molecule has 0 unspecified atom stereocenters. The van der Waals surface area contributed by atoms with Gasteiger partial charge < -0.3 is 11.1 Å². The molecular formula is C19H16N8O. The number of anilines is 1. The van der Waals surface area contributed by atoms with E-state index in [-0.39, 0.29) is 5.56 Å². The molecule has 1 amide bonds. The van der Waals surface area contributed by atoms with E-state index in [2.05, 4.69) is 32.5 Å². The van der Waals surface area contributed by atoms with E-state index in [1.54, 1.807) is 29.9 Å². The number of nitrogens with one attached hydrogen (secondary N) is 1. The summed E-state index contributed by atoms with van der Waals surface area (Å²) < 4.78 is 1.55. The van der Waals surface area contributed by atoms with Gasteiger partial charge in [0, 0.05) is 23.6 Å². The topological polar surface area (TPSA) is 146 Å². The van der Waals surface area contributed by atoms with Gasteiger partial charge in [-0.1, -0.05) is 0 Å². The summed E-state index contributed by atoms with van der Waals surface area (Å²) in [6, 6.07) is 7.13. The number of carbonyl (C=O) groups excluding carboxylic acids is 1. The fraction of sp³-hybridized carbons (Fsp3) is 0.263. The van der Waals surface area contributed by atoms with Gasteiger partial charge in [0.2, 0.25) is 0 Å². The predicted molar refractivity (Wildman–Crippen MR) is 101 cm³/mol. The van der Waals surface area contributed by atoms with Crippen LogP contribution < -0.4 is 11.1 Å². The monoisotopic (exact) mass is 372 g/mol. The van der Waals surface area contributed by atoms with Crippen LogP contribution in [0.25, 0.3) is 16.9 Å². The fourth-order valence-corrected chi connectivity index (χ4v) is 3.04. The summed E-state index contributed by atoms with van der Waals surface area (Å²) in [6.07, 6.45) is 5.01. The first kappa shape index (κ1) is 17.4. The predicted octanol–water partition coefficient (Wildman–Crippen LogP) is 1.99. The molecule has 3 aromatic heterocycles. The van der Waals surface area contributed by atoms with Gasteiger partial charge in [-0.25, -0.2) is 9.97 Å². The van der Waals surface area contributed by atoms with Crippen LogP contribution in [0.15, 0.2) is 24.5 Å². The molecule has 3 N–H and O–H groups in total. The molecular weight excluding hydrogens is 356 g/mol. The molecule has 0 aromatic carbocycles. The largest absolute Gasteiger partial charge is 0.369 e. The smallest absolute Gasteiger partial charge is 0.252 e. The van der Waals surface area contributed by atoms with Crippen molar-refractivity contribution >= 4 is 22.6 Å². The van der Waals surface area contributed by atoms with Gasteiger partial charge >= 0.3 is 0 Å². The third kappa shape index (κ3) is 2.99. The Labute approximate surface area is 160 Å². The van der Waals surface area contributed by atoms with Crippen molar-refractivity contribution in [1.82, 2.24) is 19.7 Å². The van der Waals surface area contributed by atoms with Crippen molar-refractivity contribution in [3.05, 3.63) is 41.3 Å². The van der Waals surface area contributed by atoms with Crippen molar-refractivity contribution in [3.8, 4) is 18.0 Å². The molecule has 9 nitrogen and oxygen atoms in total. The van der Waals surface area contributed by atoms with Gasteiger partial charge in [0.25, 0.3) is 5.91 Å². The van der Waals surface area contributed by atoms with E-state index in [9.17, 15) is 10.1 Å². The first-order chi connectivity index (χ1) is 13.5. The Morgan fingerprint density at radius 1 is 1.36 bits per heavy atom. The Morgan fingerprint density at radius 3 is 2.79 bits per heavy atom. The van der Waals surface area contributed by atoms with E-state index < -0.39 is 11.9 Å². The summed E-state index contributed by atoms with van der Waals surface area (Å²) in [5.74, 6) is 0.0812. The summed E-state index contributed by atoms with van der Waals surface area (Å²) in [5, 5.41) is 26.5. The van der Waals surface area contributed by atoms with E-state index in [1.165, 1.54) is 6.20 Å². The number of hydrogen-bond acceptors (Lipinski definition) is 7. The van der Waals surface area contributed by atoms with E-state index in [0.717, 1.165) is 23.9 Å². The molecule has 0 radical (unpaired) electrons. The first-order valence-corrected chi connectivity index (χ1v) is 8.77. The third-order valence-electron chi connectivity index (χ3n) is 4.60. The van der Waals surface area contributed by atoms with Crippen LogP contribution in [0.5, 0.6) is 0 Å². The van der Waals surface area contributed by atoms with Crippen molar-refractivity contribution < 1.29 is 4.79 Å². The van der Waals surface area contributed by atoms with Gasteiger partial charge in [-0.05, 0) is 25.8 Å². The zero-order valence-corrected chi connectivity index (χ0v) is 15.0. The minimum absolute atomic E-state index is 0.181. The molecule has 1 aliphatic carbocycles. The average Bonchev–Trinajstić information content (AvgIpc) is 3.46. The summed E-state index contributed by atoms with van der Waals surface area (Å²) in [5.41, 5.74) is 7.92. The van der Waals surface area contributed by atoms with Gasteiger partial charge in [0.1, 0.15) is 12.1 Å². The number of amides is 1. The maximum Gasteiger partial charge on any atom is 0.252 e. The van der Waals surface area contributed by atoms with Gasteiger partial charge in [-0.15, -0.1) is 0 Å². The lowest BCUT2D eigenvalue weighted by Crippen LogP contribution is -2.19. The number of fused-ring (bicyclic) bond motifs is 1. The molecule has 1 atom stereocenters. The van der Waals surface area contributed by atoms with Gasteiger partial charge in [0.05, 0.1) is 34.8 Å². The highest BCUT2D eigenvalue weighted by Crippen LogP contribution is 2.41. The molecule has 3 heterocycles. The zero-order valence-electron chi connectivity index (χ0n) is 15.0.